The topological polar surface area (TPSA) is 104 Å². The van der Waals surface area contributed by atoms with E-state index in [4.69, 9.17) is 5.84 Å². The van der Waals surface area contributed by atoms with Crippen LogP contribution in [0.25, 0.3) is 33.1 Å². The molecule has 5 rings (SSSR count). The Morgan fingerprint density at radius 2 is 1.72 bits per heavy atom. The summed E-state index contributed by atoms with van der Waals surface area (Å²) in [5.41, 5.74) is 3.79. The number of aromatic nitrogens is 2. The molecule has 0 amide bonds. The first kappa shape index (κ1) is 20.7. The number of H-pyrrole nitrogens is 1. The maximum absolute atomic E-state index is 12.9. The molecule has 1 aliphatic rings. The number of rotatable bonds is 4. The van der Waals surface area contributed by atoms with Gasteiger partial charge in [0.1, 0.15) is 0 Å². The molecule has 4 aromatic rings. The molecule has 0 spiro atoms. The summed E-state index contributed by atoms with van der Waals surface area (Å²) >= 11 is 0. The van der Waals surface area contributed by atoms with Gasteiger partial charge in [0.05, 0.1) is 23.0 Å². The molecule has 0 bridgehead atoms. The van der Waals surface area contributed by atoms with Crippen LogP contribution in [0.3, 0.4) is 0 Å². The van der Waals surface area contributed by atoms with Gasteiger partial charge in [-0.2, -0.15) is 4.31 Å². The van der Waals surface area contributed by atoms with Gasteiger partial charge in [-0.05, 0) is 35.9 Å². The van der Waals surface area contributed by atoms with Gasteiger partial charge in [0.15, 0.2) is 0 Å². The number of fused-ring (bicyclic) bond motifs is 2. The van der Waals surface area contributed by atoms with Crippen LogP contribution in [0.15, 0.2) is 59.4 Å². The SMILES string of the molecule is CS(=O)(=O)N1CCN(Cc2ccc3[nH]c(-c4cc5ccccc5n(N)c4=O)cc3c2)CC1. The number of aromatic amines is 1. The van der Waals surface area contributed by atoms with E-state index in [1.165, 1.54) is 15.2 Å². The van der Waals surface area contributed by atoms with Gasteiger partial charge in [-0.1, -0.05) is 24.3 Å². The van der Waals surface area contributed by atoms with Gasteiger partial charge in [-0.15, -0.1) is 0 Å². The monoisotopic (exact) mass is 451 g/mol. The van der Waals surface area contributed by atoms with Gasteiger partial charge in [-0.3, -0.25) is 9.69 Å². The molecule has 2 aromatic heterocycles. The molecular formula is C23H25N5O3S. The average Bonchev–Trinajstić information content (AvgIpc) is 3.19. The number of hydrogen-bond acceptors (Lipinski definition) is 5. The number of pyridine rings is 1. The van der Waals surface area contributed by atoms with Crippen molar-refractivity contribution in [1.82, 2.24) is 18.9 Å². The van der Waals surface area contributed by atoms with Crippen molar-refractivity contribution >= 4 is 31.8 Å². The highest BCUT2D eigenvalue weighted by Gasteiger charge is 2.23. The van der Waals surface area contributed by atoms with Crippen molar-refractivity contribution in [2.75, 3.05) is 38.3 Å². The Hall–Kier alpha value is -3.14. The minimum Gasteiger partial charge on any atom is -0.354 e. The molecule has 0 unspecified atom stereocenters. The molecule has 1 fully saturated rings. The van der Waals surface area contributed by atoms with Crippen LogP contribution in [0.5, 0.6) is 0 Å². The van der Waals surface area contributed by atoms with Crippen LogP contribution in [0.2, 0.25) is 0 Å². The Kier molecular flexibility index (Phi) is 5.04. The molecule has 0 radical (unpaired) electrons. The lowest BCUT2D eigenvalue weighted by atomic mass is 10.1. The summed E-state index contributed by atoms with van der Waals surface area (Å²) in [6.45, 7) is 3.19. The van der Waals surface area contributed by atoms with E-state index >= 15 is 0 Å². The molecule has 166 valence electrons. The second-order valence-corrected chi connectivity index (χ2v) is 10.3. The minimum absolute atomic E-state index is 0.251. The van der Waals surface area contributed by atoms with Crippen molar-refractivity contribution in [1.29, 1.82) is 0 Å². The Morgan fingerprint density at radius 3 is 2.47 bits per heavy atom. The van der Waals surface area contributed by atoms with Crippen molar-refractivity contribution in [3.63, 3.8) is 0 Å². The second-order valence-electron chi connectivity index (χ2n) is 8.33. The highest BCUT2D eigenvalue weighted by atomic mass is 32.2. The van der Waals surface area contributed by atoms with Crippen molar-refractivity contribution in [2.45, 2.75) is 6.54 Å². The van der Waals surface area contributed by atoms with E-state index in [9.17, 15) is 13.2 Å². The van der Waals surface area contributed by atoms with E-state index in [2.05, 4.69) is 22.0 Å². The summed E-state index contributed by atoms with van der Waals surface area (Å²) in [6.07, 6.45) is 1.26. The van der Waals surface area contributed by atoms with Gasteiger partial charge in [0.25, 0.3) is 5.56 Å². The number of nitrogens with two attached hydrogens (primary N) is 1. The Morgan fingerprint density at radius 1 is 0.969 bits per heavy atom. The Labute approximate surface area is 185 Å². The maximum atomic E-state index is 12.9. The van der Waals surface area contributed by atoms with E-state index in [0.717, 1.165) is 34.1 Å². The predicted octanol–water partition coefficient (Wildman–Crippen LogP) is 1.94. The van der Waals surface area contributed by atoms with Crippen molar-refractivity contribution in [3.05, 3.63) is 70.5 Å². The summed E-state index contributed by atoms with van der Waals surface area (Å²) in [5, 5.41) is 1.92. The standard InChI is InChI=1S/C23H25N5O3S/c1-32(30,31)27-10-8-26(9-11-27)15-16-6-7-20-18(12-16)14-21(25-20)19-13-17-4-2-3-5-22(17)28(24)23(19)29/h2-7,12-14,25H,8-11,15,24H2,1H3. The molecule has 3 N–H and O–H groups in total. The number of para-hydroxylation sites is 1. The fourth-order valence-corrected chi connectivity index (χ4v) is 5.21. The van der Waals surface area contributed by atoms with Crippen LogP contribution >= 0.6 is 0 Å². The van der Waals surface area contributed by atoms with Crippen LogP contribution < -0.4 is 11.4 Å². The number of hydrogen-bond donors (Lipinski definition) is 2. The largest absolute Gasteiger partial charge is 0.354 e. The van der Waals surface area contributed by atoms with E-state index in [1.807, 2.05) is 42.5 Å². The zero-order chi connectivity index (χ0) is 22.5. The van der Waals surface area contributed by atoms with Gasteiger partial charge in [0, 0.05) is 49.0 Å². The molecule has 1 saturated heterocycles. The third kappa shape index (κ3) is 3.79. The average molecular weight is 452 g/mol. The summed E-state index contributed by atoms with van der Waals surface area (Å²) in [5.74, 6) is 6.06. The molecular weight excluding hydrogens is 426 g/mol. The summed E-state index contributed by atoms with van der Waals surface area (Å²) in [7, 11) is -3.13. The van der Waals surface area contributed by atoms with E-state index in [0.29, 0.717) is 37.3 Å². The van der Waals surface area contributed by atoms with E-state index in [1.54, 1.807) is 0 Å². The number of sulfonamides is 1. The first-order valence-electron chi connectivity index (χ1n) is 10.5. The quantitative estimate of drug-likeness (QED) is 0.462. The molecule has 1 aliphatic heterocycles. The van der Waals surface area contributed by atoms with Crippen LogP contribution in [0.4, 0.5) is 0 Å². The fourth-order valence-electron chi connectivity index (χ4n) is 4.38. The predicted molar refractivity (Wildman–Crippen MR) is 127 cm³/mol. The van der Waals surface area contributed by atoms with Gasteiger partial charge < -0.3 is 10.8 Å². The van der Waals surface area contributed by atoms with E-state index in [-0.39, 0.29) is 5.56 Å². The third-order valence-corrected chi connectivity index (χ3v) is 7.43. The number of nitrogens with one attached hydrogen (secondary N) is 1. The van der Waals surface area contributed by atoms with Gasteiger partial charge in [0.2, 0.25) is 10.0 Å². The molecule has 0 atom stereocenters. The fraction of sp³-hybridized carbons (Fsp3) is 0.261. The van der Waals surface area contributed by atoms with Crippen molar-refractivity contribution in [3.8, 4) is 11.3 Å². The normalized spacial score (nSPS) is 16.2. The summed E-state index contributed by atoms with van der Waals surface area (Å²) < 4.78 is 26.1. The van der Waals surface area contributed by atoms with Gasteiger partial charge >= 0.3 is 0 Å². The van der Waals surface area contributed by atoms with E-state index < -0.39 is 10.0 Å². The van der Waals surface area contributed by atoms with Gasteiger partial charge in [-0.25, -0.2) is 13.1 Å². The lowest BCUT2D eigenvalue weighted by Gasteiger charge is -2.33. The summed E-state index contributed by atoms with van der Waals surface area (Å²) in [4.78, 5) is 18.4. The van der Waals surface area contributed by atoms with Crippen LogP contribution in [-0.2, 0) is 16.6 Å². The molecule has 2 aromatic carbocycles. The second kappa shape index (κ2) is 7.77. The number of piperazine rings is 1. The number of benzene rings is 2. The zero-order valence-electron chi connectivity index (χ0n) is 17.8. The first-order chi connectivity index (χ1) is 15.3. The Bertz CT molecular complexity index is 1480. The molecule has 9 heteroatoms. The molecule has 3 heterocycles. The maximum Gasteiger partial charge on any atom is 0.278 e. The lowest BCUT2D eigenvalue weighted by molar-refractivity contribution is 0.182. The minimum atomic E-state index is -3.13. The Balaban J connectivity index is 1.41. The molecule has 0 aliphatic carbocycles. The zero-order valence-corrected chi connectivity index (χ0v) is 18.6. The van der Waals surface area contributed by atoms with Crippen LogP contribution in [0.1, 0.15) is 5.56 Å². The summed E-state index contributed by atoms with van der Waals surface area (Å²) in [6, 6.07) is 17.6. The van der Waals surface area contributed by atoms with Crippen LogP contribution in [-0.4, -0.2) is 59.7 Å². The molecule has 0 saturated carbocycles. The lowest BCUT2D eigenvalue weighted by Crippen LogP contribution is -2.47. The number of nitrogens with zero attached hydrogens (tertiary/aromatic N) is 3. The van der Waals surface area contributed by atoms with Crippen LogP contribution in [0, 0.1) is 0 Å². The van der Waals surface area contributed by atoms with Crippen molar-refractivity contribution in [2.24, 2.45) is 0 Å². The highest BCUT2D eigenvalue weighted by molar-refractivity contribution is 7.88. The third-order valence-electron chi connectivity index (χ3n) is 6.13. The smallest absolute Gasteiger partial charge is 0.278 e. The van der Waals surface area contributed by atoms with Crippen molar-refractivity contribution < 1.29 is 8.42 Å². The molecule has 32 heavy (non-hydrogen) atoms. The molecule has 8 nitrogen and oxygen atoms in total. The number of nitrogen functional groups attached to an aromatic ring is 1. The highest BCUT2D eigenvalue weighted by Crippen LogP contribution is 2.25. The first-order valence-corrected chi connectivity index (χ1v) is 12.3.